The number of carbonyl (C=O) groups excluding carboxylic acids is 1. The summed E-state index contributed by atoms with van der Waals surface area (Å²) < 4.78 is 31.1. The number of unbranched alkanes of at least 4 members (excludes halogenated alkanes) is 5. The quantitative estimate of drug-likeness (QED) is 0.212. The SMILES string of the molecule is CCCCCCCCC(I)CC(F)(F)C(=O)OCC. The zero-order valence-electron chi connectivity index (χ0n) is 11.9. The van der Waals surface area contributed by atoms with E-state index in [-0.39, 0.29) is 10.5 Å². The van der Waals surface area contributed by atoms with Crippen molar-refractivity contribution in [3.63, 3.8) is 0 Å². The van der Waals surface area contributed by atoms with Gasteiger partial charge in [-0.2, -0.15) is 8.78 Å². The van der Waals surface area contributed by atoms with E-state index in [0.717, 1.165) is 19.3 Å². The molecule has 0 heterocycles. The molecule has 0 N–H and O–H groups in total. The van der Waals surface area contributed by atoms with Crippen LogP contribution in [0.15, 0.2) is 0 Å². The zero-order valence-corrected chi connectivity index (χ0v) is 14.0. The van der Waals surface area contributed by atoms with Crippen LogP contribution in [-0.4, -0.2) is 22.4 Å². The van der Waals surface area contributed by atoms with Gasteiger partial charge in [0, 0.05) is 10.3 Å². The minimum Gasteiger partial charge on any atom is -0.462 e. The summed E-state index contributed by atoms with van der Waals surface area (Å²) in [6.07, 6.45) is 7.21. The first-order valence-corrected chi connectivity index (χ1v) is 8.37. The summed E-state index contributed by atoms with van der Waals surface area (Å²) in [5.74, 6) is -4.73. The van der Waals surface area contributed by atoms with E-state index in [0.29, 0.717) is 0 Å². The Morgan fingerprint density at radius 2 is 1.74 bits per heavy atom. The van der Waals surface area contributed by atoms with Crippen LogP contribution >= 0.6 is 22.6 Å². The average molecular weight is 390 g/mol. The zero-order chi connectivity index (χ0) is 14.7. The lowest BCUT2D eigenvalue weighted by molar-refractivity contribution is -0.172. The Balaban J connectivity index is 3.77. The number of rotatable bonds is 11. The van der Waals surface area contributed by atoms with Gasteiger partial charge in [-0.3, -0.25) is 0 Å². The molecule has 0 amide bonds. The normalized spacial score (nSPS) is 13.3. The third-order valence-electron chi connectivity index (χ3n) is 2.92. The van der Waals surface area contributed by atoms with Crippen molar-refractivity contribution in [2.75, 3.05) is 6.61 Å². The second-order valence-electron chi connectivity index (χ2n) is 4.78. The van der Waals surface area contributed by atoms with E-state index in [4.69, 9.17) is 0 Å². The van der Waals surface area contributed by atoms with E-state index in [1.807, 2.05) is 22.6 Å². The fourth-order valence-electron chi connectivity index (χ4n) is 1.85. The molecule has 0 fully saturated rings. The standard InChI is InChI=1S/C14H25F2IO2/c1-3-5-6-7-8-9-10-12(17)11-14(15,16)13(18)19-4-2/h12H,3-11H2,1-2H3. The van der Waals surface area contributed by atoms with Crippen LogP contribution < -0.4 is 0 Å². The molecule has 0 saturated heterocycles. The molecule has 1 atom stereocenters. The first kappa shape index (κ1) is 19.1. The Labute approximate surface area is 128 Å². The van der Waals surface area contributed by atoms with Crippen LogP contribution in [0.3, 0.4) is 0 Å². The predicted molar refractivity (Wildman–Crippen MR) is 82.0 cm³/mol. The Hall–Kier alpha value is 0.0600. The Kier molecular flexibility index (Phi) is 10.8. The minimum absolute atomic E-state index is 0.00222. The molecule has 0 radical (unpaired) electrons. The van der Waals surface area contributed by atoms with Gasteiger partial charge in [0.25, 0.3) is 0 Å². The number of hydrogen-bond donors (Lipinski definition) is 0. The molecular weight excluding hydrogens is 365 g/mol. The molecule has 0 aromatic heterocycles. The minimum atomic E-state index is -3.34. The molecule has 0 aromatic carbocycles. The second-order valence-corrected chi connectivity index (χ2v) is 6.54. The highest BCUT2D eigenvalue weighted by Crippen LogP contribution is 2.28. The lowest BCUT2D eigenvalue weighted by Crippen LogP contribution is -2.33. The Morgan fingerprint density at radius 3 is 2.32 bits per heavy atom. The summed E-state index contributed by atoms with van der Waals surface area (Å²) in [6.45, 7) is 3.70. The first-order chi connectivity index (χ1) is 8.94. The van der Waals surface area contributed by atoms with Crippen molar-refractivity contribution in [2.45, 2.75) is 75.1 Å². The Bertz CT molecular complexity index is 248. The predicted octanol–water partition coefficient (Wildman–Crippen LogP) is 5.13. The third kappa shape index (κ3) is 9.57. The van der Waals surface area contributed by atoms with Crippen molar-refractivity contribution in [2.24, 2.45) is 0 Å². The second kappa shape index (κ2) is 10.8. The molecule has 0 saturated carbocycles. The van der Waals surface area contributed by atoms with Crippen molar-refractivity contribution in [3.05, 3.63) is 0 Å². The van der Waals surface area contributed by atoms with Gasteiger partial charge in [-0.1, -0.05) is 68.0 Å². The Morgan fingerprint density at radius 1 is 1.16 bits per heavy atom. The van der Waals surface area contributed by atoms with Crippen molar-refractivity contribution < 1.29 is 18.3 Å². The van der Waals surface area contributed by atoms with Crippen LogP contribution in [0, 0.1) is 0 Å². The molecule has 0 aliphatic carbocycles. The van der Waals surface area contributed by atoms with Gasteiger partial charge in [0.2, 0.25) is 0 Å². The van der Waals surface area contributed by atoms with Crippen LogP contribution in [0.25, 0.3) is 0 Å². The summed E-state index contributed by atoms with van der Waals surface area (Å²) >= 11 is 2.01. The molecule has 1 unspecified atom stereocenters. The number of hydrogen-bond acceptors (Lipinski definition) is 2. The summed E-state index contributed by atoms with van der Waals surface area (Å²) in [6, 6.07) is 0. The molecule has 0 aliphatic heterocycles. The fraction of sp³-hybridized carbons (Fsp3) is 0.929. The molecule has 0 rings (SSSR count). The first-order valence-electron chi connectivity index (χ1n) is 7.13. The highest BCUT2D eigenvalue weighted by atomic mass is 127. The van der Waals surface area contributed by atoms with Crippen LogP contribution in [0.4, 0.5) is 8.78 Å². The van der Waals surface area contributed by atoms with Gasteiger partial charge < -0.3 is 4.74 Å². The molecule has 0 aliphatic rings. The summed E-state index contributed by atoms with van der Waals surface area (Å²) in [5, 5.41) is 0. The average Bonchev–Trinajstić information content (AvgIpc) is 2.33. The van der Waals surface area contributed by atoms with E-state index < -0.39 is 18.3 Å². The van der Waals surface area contributed by atoms with Gasteiger partial charge in [-0.25, -0.2) is 4.79 Å². The maximum absolute atomic E-state index is 13.5. The van der Waals surface area contributed by atoms with Crippen LogP contribution in [0.2, 0.25) is 0 Å². The van der Waals surface area contributed by atoms with Gasteiger partial charge in [0.05, 0.1) is 6.61 Å². The van der Waals surface area contributed by atoms with Crippen molar-refractivity contribution in [1.82, 2.24) is 0 Å². The van der Waals surface area contributed by atoms with Crippen LogP contribution in [0.1, 0.15) is 65.2 Å². The third-order valence-corrected chi connectivity index (χ3v) is 3.99. The van der Waals surface area contributed by atoms with E-state index in [1.165, 1.54) is 32.6 Å². The maximum atomic E-state index is 13.5. The lowest BCUT2D eigenvalue weighted by atomic mass is 10.1. The summed E-state index contributed by atoms with van der Waals surface area (Å²) in [7, 11) is 0. The van der Waals surface area contributed by atoms with Crippen LogP contribution in [0.5, 0.6) is 0 Å². The molecule has 0 bridgehead atoms. The van der Waals surface area contributed by atoms with Gasteiger partial charge in [-0.05, 0) is 13.3 Å². The number of ether oxygens (including phenoxy) is 1. The molecule has 0 aromatic rings. The number of carbonyl (C=O) groups is 1. The van der Waals surface area contributed by atoms with E-state index in [9.17, 15) is 13.6 Å². The molecular formula is C14H25F2IO2. The number of alkyl halides is 3. The van der Waals surface area contributed by atoms with Crippen LogP contribution in [-0.2, 0) is 9.53 Å². The van der Waals surface area contributed by atoms with Crippen molar-refractivity contribution >= 4 is 28.6 Å². The molecule has 2 nitrogen and oxygen atoms in total. The number of halogens is 3. The highest BCUT2D eigenvalue weighted by molar-refractivity contribution is 14.1. The smallest absolute Gasteiger partial charge is 0.377 e. The van der Waals surface area contributed by atoms with Gasteiger partial charge in [0.1, 0.15) is 0 Å². The van der Waals surface area contributed by atoms with Crippen molar-refractivity contribution in [1.29, 1.82) is 0 Å². The van der Waals surface area contributed by atoms with E-state index in [1.54, 1.807) is 0 Å². The summed E-state index contributed by atoms with van der Waals surface area (Å²) in [4.78, 5) is 11.1. The van der Waals surface area contributed by atoms with E-state index in [2.05, 4.69) is 11.7 Å². The molecule has 19 heavy (non-hydrogen) atoms. The maximum Gasteiger partial charge on any atom is 0.377 e. The lowest BCUT2D eigenvalue weighted by Gasteiger charge is -2.18. The topological polar surface area (TPSA) is 26.3 Å². The van der Waals surface area contributed by atoms with E-state index >= 15 is 0 Å². The summed E-state index contributed by atoms with van der Waals surface area (Å²) in [5.41, 5.74) is 0. The largest absolute Gasteiger partial charge is 0.462 e. The monoisotopic (exact) mass is 390 g/mol. The van der Waals surface area contributed by atoms with Gasteiger partial charge in [0.15, 0.2) is 0 Å². The molecule has 0 spiro atoms. The molecule has 5 heteroatoms. The fourth-order valence-corrected chi connectivity index (χ4v) is 2.84. The molecule has 114 valence electrons. The van der Waals surface area contributed by atoms with Gasteiger partial charge >= 0.3 is 11.9 Å². The number of esters is 1. The van der Waals surface area contributed by atoms with Gasteiger partial charge in [-0.15, -0.1) is 0 Å². The highest BCUT2D eigenvalue weighted by Gasteiger charge is 2.41. The van der Waals surface area contributed by atoms with Crippen molar-refractivity contribution in [3.8, 4) is 0 Å².